The third-order valence-electron chi connectivity index (χ3n) is 4.81. The molecule has 0 saturated carbocycles. The van der Waals surface area contributed by atoms with E-state index >= 15 is 0 Å². The van der Waals surface area contributed by atoms with Crippen molar-refractivity contribution in [2.45, 2.75) is 79.0 Å². The zero-order chi connectivity index (χ0) is 23.8. The van der Waals surface area contributed by atoms with E-state index in [1.807, 2.05) is 45.0 Å². The number of nitrogens with zero attached hydrogens (tertiary/aromatic N) is 1. The van der Waals surface area contributed by atoms with Gasteiger partial charge in [-0.3, -0.25) is 9.59 Å². The van der Waals surface area contributed by atoms with Crippen molar-refractivity contribution in [3.8, 4) is 0 Å². The second-order valence-corrected chi connectivity index (χ2v) is 9.27. The maximum atomic E-state index is 13.4. The van der Waals surface area contributed by atoms with Gasteiger partial charge in [0.25, 0.3) is 0 Å². The first-order valence-corrected chi connectivity index (χ1v) is 11.0. The average molecular weight is 434 g/mol. The minimum absolute atomic E-state index is 0.190. The van der Waals surface area contributed by atoms with Gasteiger partial charge in [0.2, 0.25) is 11.8 Å². The topological polar surface area (TPSA) is 87.7 Å². The number of amides is 3. The maximum Gasteiger partial charge on any atom is 0.408 e. The van der Waals surface area contributed by atoms with E-state index in [0.717, 1.165) is 24.0 Å². The molecule has 2 unspecified atom stereocenters. The predicted octanol–water partition coefficient (Wildman–Crippen LogP) is 3.96. The lowest BCUT2D eigenvalue weighted by atomic mass is 9.99. The fourth-order valence-corrected chi connectivity index (χ4v) is 3.08. The molecular formula is C24H39N3O4. The third kappa shape index (κ3) is 8.59. The van der Waals surface area contributed by atoms with Crippen molar-refractivity contribution in [2.24, 2.45) is 5.92 Å². The molecule has 7 heteroatoms. The Balaban J connectivity index is 3.14. The maximum absolute atomic E-state index is 13.4. The van der Waals surface area contributed by atoms with Crippen LogP contribution >= 0.6 is 0 Å². The minimum Gasteiger partial charge on any atom is -0.444 e. The van der Waals surface area contributed by atoms with Crippen molar-refractivity contribution < 1.29 is 19.1 Å². The van der Waals surface area contributed by atoms with Gasteiger partial charge in [0, 0.05) is 13.6 Å². The highest BCUT2D eigenvalue weighted by atomic mass is 16.6. The number of carbonyl (C=O) groups excluding carboxylic acids is 3. The van der Waals surface area contributed by atoms with Crippen LogP contribution in [0, 0.1) is 12.8 Å². The van der Waals surface area contributed by atoms with Gasteiger partial charge in [-0.1, -0.05) is 57.0 Å². The molecule has 0 aliphatic rings. The molecule has 2 atom stereocenters. The Bertz CT molecular complexity index is 738. The molecule has 0 fully saturated rings. The first kappa shape index (κ1) is 26.5. The molecule has 0 spiro atoms. The molecule has 31 heavy (non-hydrogen) atoms. The van der Waals surface area contributed by atoms with Gasteiger partial charge < -0.3 is 20.3 Å². The van der Waals surface area contributed by atoms with E-state index < -0.39 is 23.8 Å². The first-order chi connectivity index (χ1) is 14.4. The Morgan fingerprint density at radius 1 is 1.10 bits per heavy atom. The summed E-state index contributed by atoms with van der Waals surface area (Å²) < 4.78 is 5.32. The van der Waals surface area contributed by atoms with Gasteiger partial charge in [0.1, 0.15) is 17.7 Å². The Morgan fingerprint density at radius 3 is 2.16 bits per heavy atom. The molecule has 3 amide bonds. The summed E-state index contributed by atoms with van der Waals surface area (Å²) in [5, 5.41) is 5.60. The van der Waals surface area contributed by atoms with Crippen LogP contribution in [-0.4, -0.2) is 48.0 Å². The molecule has 1 aromatic rings. The van der Waals surface area contributed by atoms with Crippen LogP contribution in [0.5, 0.6) is 0 Å². The Morgan fingerprint density at radius 2 is 1.68 bits per heavy atom. The normalized spacial score (nSPS) is 13.3. The summed E-state index contributed by atoms with van der Waals surface area (Å²) in [5.74, 6) is -0.783. The summed E-state index contributed by atoms with van der Waals surface area (Å²) in [7, 11) is 1.60. The Labute approximate surface area is 186 Å². The lowest BCUT2D eigenvalue weighted by molar-refractivity contribution is -0.141. The largest absolute Gasteiger partial charge is 0.444 e. The van der Waals surface area contributed by atoms with E-state index in [4.69, 9.17) is 4.74 Å². The fourth-order valence-electron chi connectivity index (χ4n) is 3.08. The zero-order valence-corrected chi connectivity index (χ0v) is 20.2. The number of hydrogen-bond acceptors (Lipinski definition) is 4. The van der Waals surface area contributed by atoms with Crippen molar-refractivity contribution in [3.63, 3.8) is 0 Å². The number of nitrogens with one attached hydrogen (secondary N) is 2. The van der Waals surface area contributed by atoms with Crippen LogP contribution in [0.2, 0.25) is 0 Å². The summed E-state index contributed by atoms with van der Waals surface area (Å²) in [4.78, 5) is 40.1. The van der Waals surface area contributed by atoms with Gasteiger partial charge in [0.05, 0.1) is 0 Å². The molecule has 0 bridgehead atoms. The molecule has 7 nitrogen and oxygen atoms in total. The summed E-state index contributed by atoms with van der Waals surface area (Å²) in [6.45, 7) is 13.5. The first-order valence-electron chi connectivity index (χ1n) is 11.0. The number of benzene rings is 1. The van der Waals surface area contributed by atoms with Crippen molar-refractivity contribution in [3.05, 3.63) is 35.4 Å². The van der Waals surface area contributed by atoms with Crippen LogP contribution in [0.1, 0.15) is 71.6 Å². The number of hydrogen-bond donors (Lipinski definition) is 2. The molecule has 0 aliphatic carbocycles. The van der Waals surface area contributed by atoms with Crippen LogP contribution in [0.4, 0.5) is 4.79 Å². The van der Waals surface area contributed by atoms with Gasteiger partial charge in [-0.05, 0) is 45.6 Å². The van der Waals surface area contributed by atoms with E-state index in [1.54, 1.807) is 27.8 Å². The quantitative estimate of drug-likeness (QED) is 0.577. The molecule has 1 rings (SSSR count). The number of carbonyl (C=O) groups is 3. The number of alkyl carbamates (subject to hydrolysis) is 1. The fraction of sp³-hybridized carbons (Fsp3) is 0.625. The van der Waals surface area contributed by atoms with E-state index in [1.165, 1.54) is 4.90 Å². The van der Waals surface area contributed by atoms with Crippen LogP contribution in [0.15, 0.2) is 24.3 Å². The van der Waals surface area contributed by atoms with Crippen LogP contribution in [0.3, 0.4) is 0 Å². The van der Waals surface area contributed by atoms with Gasteiger partial charge in [0.15, 0.2) is 0 Å². The highest BCUT2D eigenvalue weighted by molar-refractivity contribution is 5.92. The Kier molecular flexibility index (Phi) is 10.0. The van der Waals surface area contributed by atoms with Crippen molar-refractivity contribution in [1.29, 1.82) is 0 Å². The second-order valence-electron chi connectivity index (χ2n) is 9.27. The summed E-state index contributed by atoms with van der Waals surface area (Å²) in [6.07, 6.45) is 1.16. The Hall–Kier alpha value is -2.57. The van der Waals surface area contributed by atoms with Crippen molar-refractivity contribution in [2.75, 3.05) is 13.6 Å². The lowest BCUT2D eigenvalue weighted by Gasteiger charge is -2.33. The number of rotatable bonds is 9. The number of unbranched alkanes of at least 4 members (excludes halogenated alkanes) is 1. The smallest absolute Gasteiger partial charge is 0.408 e. The number of ether oxygens (including phenoxy) is 1. The van der Waals surface area contributed by atoms with Crippen molar-refractivity contribution >= 4 is 17.9 Å². The van der Waals surface area contributed by atoms with Crippen molar-refractivity contribution in [1.82, 2.24) is 15.5 Å². The van der Waals surface area contributed by atoms with Crippen LogP contribution in [0.25, 0.3) is 0 Å². The molecule has 0 aliphatic heterocycles. The van der Waals surface area contributed by atoms with Crippen LogP contribution < -0.4 is 10.6 Å². The van der Waals surface area contributed by atoms with Gasteiger partial charge in [-0.2, -0.15) is 0 Å². The van der Waals surface area contributed by atoms with E-state index in [9.17, 15) is 14.4 Å². The molecule has 0 radical (unpaired) electrons. The molecule has 1 aromatic carbocycles. The monoisotopic (exact) mass is 433 g/mol. The summed E-state index contributed by atoms with van der Waals surface area (Å²) in [6, 6.07) is 5.92. The van der Waals surface area contributed by atoms with E-state index in [2.05, 4.69) is 17.6 Å². The standard InChI is InChI=1S/C24H39N3O4/c1-9-10-15-25-21(28)20(18-13-11-17(4)12-14-18)27(8)22(29)19(16(2)3)26-23(30)31-24(5,6)7/h11-14,16,19-20H,9-10,15H2,1-8H3,(H,25,28)(H,26,30). The third-order valence-corrected chi connectivity index (χ3v) is 4.81. The van der Waals surface area contributed by atoms with Gasteiger partial charge in [-0.25, -0.2) is 4.79 Å². The van der Waals surface area contributed by atoms with Crippen LogP contribution in [-0.2, 0) is 14.3 Å². The van der Waals surface area contributed by atoms with E-state index in [-0.39, 0.29) is 17.7 Å². The number of aryl methyl sites for hydroxylation is 1. The second kappa shape index (κ2) is 11.7. The molecule has 0 aromatic heterocycles. The molecule has 2 N–H and O–H groups in total. The number of likely N-dealkylation sites (N-methyl/N-ethyl adjacent to an activating group) is 1. The predicted molar refractivity (Wildman–Crippen MR) is 123 cm³/mol. The highest BCUT2D eigenvalue weighted by Gasteiger charge is 2.35. The van der Waals surface area contributed by atoms with Gasteiger partial charge in [-0.15, -0.1) is 0 Å². The molecule has 174 valence electrons. The SMILES string of the molecule is CCCCNC(=O)C(c1ccc(C)cc1)N(C)C(=O)C(NC(=O)OC(C)(C)C)C(C)C. The van der Waals surface area contributed by atoms with Gasteiger partial charge >= 0.3 is 6.09 Å². The molecule has 0 heterocycles. The zero-order valence-electron chi connectivity index (χ0n) is 20.2. The highest BCUT2D eigenvalue weighted by Crippen LogP contribution is 2.23. The summed E-state index contributed by atoms with van der Waals surface area (Å²) >= 11 is 0. The minimum atomic E-state index is -0.823. The summed E-state index contributed by atoms with van der Waals surface area (Å²) in [5.41, 5.74) is 1.11. The molecular weight excluding hydrogens is 394 g/mol. The van der Waals surface area contributed by atoms with E-state index in [0.29, 0.717) is 6.54 Å². The average Bonchev–Trinajstić information content (AvgIpc) is 2.65. The lowest BCUT2D eigenvalue weighted by Crippen LogP contribution is -2.53. The molecule has 0 saturated heterocycles.